The Morgan fingerprint density at radius 3 is 2.27 bits per heavy atom. The average molecular weight is 396 g/mol. The molecular formula is C20H27Cl2N3O. The molecule has 0 atom stereocenters. The molecular weight excluding hydrogens is 369 g/mol. The first-order valence-electron chi connectivity index (χ1n) is 8.78. The molecule has 2 N–H and O–H groups in total. The highest BCUT2D eigenvalue weighted by atomic mass is 35.5. The normalized spacial score (nSPS) is 14.0. The number of anilines is 1. The number of carbonyl (C=O) groups is 1. The molecule has 0 spiro atoms. The van der Waals surface area contributed by atoms with Crippen molar-refractivity contribution < 1.29 is 4.79 Å². The second-order valence-corrected chi connectivity index (χ2v) is 6.51. The van der Waals surface area contributed by atoms with Gasteiger partial charge in [0.15, 0.2) is 0 Å². The summed E-state index contributed by atoms with van der Waals surface area (Å²) in [6.45, 7) is 2.18. The number of hydrogen-bond donors (Lipinski definition) is 2. The fourth-order valence-electron chi connectivity index (χ4n) is 3.17. The topological polar surface area (TPSA) is 54.0 Å². The Kier molecular flexibility index (Phi) is 10.3. The first kappa shape index (κ1) is 22.4. The van der Waals surface area contributed by atoms with Crippen LogP contribution in [0.5, 0.6) is 0 Å². The molecule has 1 aliphatic rings. The van der Waals surface area contributed by atoms with Gasteiger partial charge in [0.25, 0.3) is 0 Å². The maximum atomic E-state index is 12.1. The maximum Gasteiger partial charge on any atom is 0.224 e. The quantitative estimate of drug-likeness (QED) is 0.768. The van der Waals surface area contributed by atoms with Gasteiger partial charge in [-0.2, -0.15) is 0 Å². The molecule has 0 aliphatic carbocycles. The minimum absolute atomic E-state index is 0. The molecule has 0 unspecified atom stereocenters. The van der Waals surface area contributed by atoms with E-state index in [4.69, 9.17) is 0 Å². The molecule has 2 aromatic rings. The van der Waals surface area contributed by atoms with E-state index < -0.39 is 0 Å². The maximum absolute atomic E-state index is 12.1. The van der Waals surface area contributed by atoms with Crippen molar-refractivity contribution in [2.75, 3.05) is 18.4 Å². The zero-order chi connectivity index (χ0) is 16.6. The zero-order valence-electron chi connectivity index (χ0n) is 14.8. The lowest BCUT2D eigenvalue weighted by Crippen LogP contribution is -2.28. The standard InChI is InChI=1S/C20H25N3O.2ClH/c24-20(6-3-16-7-11-21-12-8-16)23-19-4-1-17(2-5-19)15-18-9-13-22-14-10-18;;/h1-2,4-5,9-10,13-14,16,21H,3,6-8,11-12,15H2,(H,23,24);2*1H. The molecule has 0 saturated carbocycles. The van der Waals surface area contributed by atoms with Crippen molar-refractivity contribution in [2.24, 2.45) is 5.92 Å². The largest absolute Gasteiger partial charge is 0.326 e. The Hall–Kier alpha value is -1.62. The van der Waals surface area contributed by atoms with Crippen molar-refractivity contribution in [1.82, 2.24) is 10.3 Å². The van der Waals surface area contributed by atoms with Crippen LogP contribution in [-0.2, 0) is 11.2 Å². The van der Waals surface area contributed by atoms with Gasteiger partial charge in [-0.25, -0.2) is 0 Å². The molecule has 0 radical (unpaired) electrons. The molecule has 2 heterocycles. The first-order chi connectivity index (χ1) is 11.8. The van der Waals surface area contributed by atoms with E-state index in [9.17, 15) is 4.79 Å². The summed E-state index contributed by atoms with van der Waals surface area (Å²) < 4.78 is 0. The summed E-state index contributed by atoms with van der Waals surface area (Å²) in [5.74, 6) is 0.815. The minimum Gasteiger partial charge on any atom is -0.326 e. The second kappa shape index (κ2) is 11.9. The van der Waals surface area contributed by atoms with Gasteiger partial charge in [0, 0.05) is 24.5 Å². The third kappa shape index (κ3) is 7.32. The van der Waals surface area contributed by atoms with Crippen LogP contribution in [-0.4, -0.2) is 24.0 Å². The van der Waals surface area contributed by atoms with Gasteiger partial charge in [-0.05, 0) is 80.1 Å². The van der Waals surface area contributed by atoms with Crippen LogP contribution in [0.25, 0.3) is 0 Å². The number of piperidine rings is 1. The third-order valence-electron chi connectivity index (χ3n) is 4.63. The highest BCUT2D eigenvalue weighted by molar-refractivity contribution is 5.90. The van der Waals surface area contributed by atoms with Crippen molar-refractivity contribution in [3.8, 4) is 0 Å². The Morgan fingerprint density at radius 2 is 1.62 bits per heavy atom. The molecule has 1 saturated heterocycles. The predicted molar refractivity (Wildman–Crippen MR) is 111 cm³/mol. The second-order valence-electron chi connectivity index (χ2n) is 6.51. The lowest BCUT2D eigenvalue weighted by molar-refractivity contribution is -0.116. The van der Waals surface area contributed by atoms with Gasteiger partial charge in [0.05, 0.1) is 0 Å². The number of benzene rings is 1. The van der Waals surface area contributed by atoms with Crippen LogP contribution in [0.4, 0.5) is 5.69 Å². The fraction of sp³-hybridized carbons (Fsp3) is 0.400. The number of carbonyl (C=O) groups excluding carboxylic acids is 1. The number of nitrogens with zero attached hydrogens (tertiary/aromatic N) is 1. The van der Waals surface area contributed by atoms with E-state index in [1.807, 2.05) is 36.7 Å². The summed E-state index contributed by atoms with van der Waals surface area (Å²) in [6, 6.07) is 12.2. The fourth-order valence-corrected chi connectivity index (χ4v) is 3.17. The van der Waals surface area contributed by atoms with Crippen molar-refractivity contribution >= 4 is 36.4 Å². The van der Waals surface area contributed by atoms with Crippen molar-refractivity contribution in [3.05, 3.63) is 59.9 Å². The average Bonchev–Trinajstić information content (AvgIpc) is 2.63. The lowest BCUT2D eigenvalue weighted by Gasteiger charge is -2.22. The first-order valence-corrected chi connectivity index (χ1v) is 8.78. The zero-order valence-corrected chi connectivity index (χ0v) is 16.5. The van der Waals surface area contributed by atoms with Crippen LogP contribution >= 0.6 is 24.8 Å². The lowest BCUT2D eigenvalue weighted by atomic mass is 9.93. The summed E-state index contributed by atoms with van der Waals surface area (Å²) in [7, 11) is 0. The number of amides is 1. The van der Waals surface area contributed by atoms with Crippen molar-refractivity contribution in [2.45, 2.75) is 32.1 Å². The molecule has 1 aliphatic heterocycles. The Morgan fingerprint density at radius 1 is 1.00 bits per heavy atom. The van der Waals surface area contributed by atoms with Crippen molar-refractivity contribution in [3.63, 3.8) is 0 Å². The monoisotopic (exact) mass is 395 g/mol. The van der Waals surface area contributed by atoms with Gasteiger partial charge >= 0.3 is 0 Å². The number of halogens is 2. The highest BCUT2D eigenvalue weighted by Gasteiger charge is 2.14. The van der Waals surface area contributed by atoms with Gasteiger partial charge in [-0.1, -0.05) is 12.1 Å². The number of nitrogens with one attached hydrogen (secondary N) is 2. The van der Waals surface area contributed by atoms with Crippen molar-refractivity contribution in [1.29, 1.82) is 0 Å². The molecule has 142 valence electrons. The van der Waals surface area contributed by atoms with E-state index in [1.54, 1.807) is 0 Å². The van der Waals surface area contributed by atoms with E-state index in [0.29, 0.717) is 12.3 Å². The summed E-state index contributed by atoms with van der Waals surface area (Å²) in [5.41, 5.74) is 3.35. The summed E-state index contributed by atoms with van der Waals surface area (Å²) in [5, 5.41) is 6.37. The molecule has 4 nitrogen and oxygen atoms in total. The molecule has 26 heavy (non-hydrogen) atoms. The Balaban J connectivity index is 0.00000169. The van der Waals surface area contributed by atoms with Crippen LogP contribution in [0.3, 0.4) is 0 Å². The Labute approximate surface area is 168 Å². The van der Waals surface area contributed by atoms with Gasteiger partial charge in [-0.3, -0.25) is 9.78 Å². The van der Waals surface area contributed by atoms with E-state index >= 15 is 0 Å². The van der Waals surface area contributed by atoms with Gasteiger partial charge < -0.3 is 10.6 Å². The van der Waals surface area contributed by atoms with E-state index in [1.165, 1.54) is 24.0 Å². The van der Waals surface area contributed by atoms with Crippen LogP contribution in [0.1, 0.15) is 36.8 Å². The van der Waals surface area contributed by atoms with E-state index in [-0.39, 0.29) is 30.7 Å². The number of hydrogen-bond acceptors (Lipinski definition) is 3. The summed E-state index contributed by atoms with van der Waals surface area (Å²) >= 11 is 0. The molecule has 1 aromatic heterocycles. The molecule has 3 rings (SSSR count). The number of pyridine rings is 1. The third-order valence-corrected chi connectivity index (χ3v) is 4.63. The van der Waals surface area contributed by atoms with E-state index in [0.717, 1.165) is 31.6 Å². The molecule has 0 bridgehead atoms. The Bertz CT molecular complexity index is 644. The SMILES string of the molecule is Cl.Cl.O=C(CCC1CCNCC1)Nc1ccc(Cc2ccncc2)cc1. The molecule has 1 fully saturated rings. The summed E-state index contributed by atoms with van der Waals surface area (Å²) in [4.78, 5) is 16.1. The smallest absolute Gasteiger partial charge is 0.224 e. The van der Waals surface area contributed by atoms with Crippen LogP contribution in [0.15, 0.2) is 48.8 Å². The molecule has 1 amide bonds. The molecule has 6 heteroatoms. The number of aromatic nitrogens is 1. The predicted octanol–water partition coefficient (Wildman–Crippen LogP) is 4.23. The number of rotatable bonds is 6. The van der Waals surface area contributed by atoms with Gasteiger partial charge in [0.1, 0.15) is 0 Å². The minimum atomic E-state index is 0. The van der Waals surface area contributed by atoms with E-state index in [2.05, 4.69) is 27.8 Å². The van der Waals surface area contributed by atoms with Gasteiger partial charge in [0.2, 0.25) is 5.91 Å². The molecule has 1 aromatic carbocycles. The summed E-state index contributed by atoms with van der Waals surface area (Å²) in [6.07, 6.45) is 8.50. The highest BCUT2D eigenvalue weighted by Crippen LogP contribution is 2.19. The van der Waals surface area contributed by atoms with Crippen LogP contribution < -0.4 is 10.6 Å². The van der Waals surface area contributed by atoms with Crippen LogP contribution in [0, 0.1) is 5.92 Å². The van der Waals surface area contributed by atoms with Gasteiger partial charge in [-0.15, -0.1) is 24.8 Å². The van der Waals surface area contributed by atoms with Crippen LogP contribution in [0.2, 0.25) is 0 Å².